The molecule has 0 aliphatic carbocycles. The summed E-state index contributed by atoms with van der Waals surface area (Å²) in [6.07, 6.45) is 0. The average Bonchev–Trinajstić information content (AvgIpc) is 3.75. The second-order valence-corrected chi connectivity index (χ2v) is 12.5. The van der Waals surface area contributed by atoms with E-state index < -0.39 is 0 Å². The molecule has 4 heteroatoms. The second kappa shape index (κ2) is 8.96. The fourth-order valence-corrected chi connectivity index (χ4v) is 8.10. The topological polar surface area (TPSA) is 30.2 Å². The molecule has 3 nitrogen and oxygen atoms in total. The molecule has 0 spiro atoms. The van der Waals surface area contributed by atoms with Crippen molar-refractivity contribution in [3.8, 4) is 33.8 Å². The van der Waals surface area contributed by atoms with Crippen LogP contribution in [-0.2, 0) is 0 Å². The third-order valence-electron chi connectivity index (χ3n) is 8.93. The van der Waals surface area contributed by atoms with Gasteiger partial charge >= 0.3 is 0 Å². The first kappa shape index (κ1) is 23.9. The lowest BCUT2D eigenvalue weighted by Crippen LogP contribution is -1.93. The second-order valence-electron chi connectivity index (χ2n) is 11.4. The highest BCUT2D eigenvalue weighted by Crippen LogP contribution is 2.44. The van der Waals surface area contributed by atoms with Crippen LogP contribution in [0.4, 0.5) is 0 Å². The number of hydrogen-bond donors (Lipinski definition) is 0. The van der Waals surface area contributed by atoms with Crippen LogP contribution in [0.2, 0.25) is 0 Å². The first-order valence-corrected chi connectivity index (χ1v) is 15.7. The van der Waals surface area contributed by atoms with Crippen LogP contribution in [-0.4, -0.2) is 14.4 Å². The summed E-state index contributed by atoms with van der Waals surface area (Å²) in [4.78, 5) is 10.6. The summed E-state index contributed by atoms with van der Waals surface area (Å²) in [5.74, 6) is 0.752. The molecular weight excluding hydrogens is 555 g/mol. The lowest BCUT2D eigenvalue weighted by Gasteiger charge is -2.08. The van der Waals surface area contributed by atoms with Gasteiger partial charge in [0.25, 0.3) is 0 Å². The van der Waals surface area contributed by atoms with E-state index in [0.29, 0.717) is 0 Å². The van der Waals surface area contributed by atoms with Crippen molar-refractivity contribution in [2.24, 2.45) is 0 Å². The molecule has 0 saturated carbocycles. The van der Waals surface area contributed by atoms with Crippen LogP contribution in [0, 0.1) is 0 Å². The van der Waals surface area contributed by atoms with Crippen molar-refractivity contribution in [3.05, 3.63) is 140 Å². The monoisotopic (exact) mass is 577 g/mol. The van der Waals surface area contributed by atoms with E-state index in [-0.39, 0.29) is 0 Å². The molecular formula is C40H23N3S. The van der Waals surface area contributed by atoms with Gasteiger partial charge in [0.2, 0.25) is 0 Å². The summed E-state index contributed by atoms with van der Waals surface area (Å²) in [6, 6.07) is 49.9. The molecule has 0 N–H and O–H groups in total. The molecule has 0 bridgehead atoms. The first-order valence-electron chi connectivity index (χ1n) is 14.8. The highest BCUT2D eigenvalue weighted by atomic mass is 32.1. The van der Waals surface area contributed by atoms with Crippen molar-refractivity contribution in [2.75, 3.05) is 0 Å². The molecule has 10 rings (SSSR count). The van der Waals surface area contributed by atoms with Gasteiger partial charge in [-0.3, -0.25) is 0 Å². The number of aromatic nitrogens is 3. The largest absolute Gasteiger partial charge is 0.308 e. The van der Waals surface area contributed by atoms with Crippen molar-refractivity contribution >= 4 is 69.7 Å². The van der Waals surface area contributed by atoms with Gasteiger partial charge < -0.3 is 4.40 Å². The maximum atomic E-state index is 5.31. The van der Waals surface area contributed by atoms with Crippen molar-refractivity contribution < 1.29 is 0 Å². The predicted molar refractivity (Wildman–Crippen MR) is 186 cm³/mol. The van der Waals surface area contributed by atoms with Crippen molar-refractivity contribution in [1.29, 1.82) is 0 Å². The Hall–Kier alpha value is -5.58. The molecule has 44 heavy (non-hydrogen) atoms. The number of nitrogens with zero attached hydrogens (tertiary/aromatic N) is 3. The van der Waals surface area contributed by atoms with Crippen LogP contribution < -0.4 is 0 Å². The summed E-state index contributed by atoms with van der Waals surface area (Å²) in [5.41, 5.74) is 10.3. The Morgan fingerprint density at radius 3 is 1.91 bits per heavy atom. The van der Waals surface area contributed by atoms with Crippen LogP contribution in [0.1, 0.15) is 0 Å². The van der Waals surface area contributed by atoms with Crippen LogP contribution in [0.3, 0.4) is 0 Å². The van der Waals surface area contributed by atoms with E-state index in [1.807, 2.05) is 0 Å². The normalized spacial score (nSPS) is 12.1. The van der Waals surface area contributed by atoms with Crippen LogP contribution >= 0.6 is 11.3 Å². The zero-order valence-electron chi connectivity index (χ0n) is 23.5. The minimum atomic E-state index is 0.752. The smallest absolute Gasteiger partial charge is 0.160 e. The number of para-hydroxylation sites is 1. The van der Waals surface area contributed by atoms with Gasteiger partial charge in [-0.2, -0.15) is 0 Å². The van der Waals surface area contributed by atoms with Gasteiger partial charge in [-0.15, -0.1) is 11.3 Å². The molecule has 0 aliphatic heterocycles. The summed E-state index contributed by atoms with van der Waals surface area (Å²) in [5, 5.41) is 6.11. The van der Waals surface area contributed by atoms with E-state index in [4.69, 9.17) is 9.97 Å². The molecule has 0 atom stereocenters. The Balaban J connectivity index is 1.33. The number of hydrogen-bond acceptors (Lipinski definition) is 3. The zero-order chi connectivity index (χ0) is 28.8. The molecule has 0 saturated heterocycles. The van der Waals surface area contributed by atoms with Crippen molar-refractivity contribution in [1.82, 2.24) is 14.4 Å². The third kappa shape index (κ3) is 3.31. The molecule has 4 heterocycles. The summed E-state index contributed by atoms with van der Waals surface area (Å²) < 4.78 is 4.78. The van der Waals surface area contributed by atoms with Crippen LogP contribution in [0.15, 0.2) is 140 Å². The van der Waals surface area contributed by atoms with Gasteiger partial charge in [0.15, 0.2) is 5.82 Å². The fourth-order valence-electron chi connectivity index (χ4n) is 6.95. The minimum absolute atomic E-state index is 0.752. The van der Waals surface area contributed by atoms with Crippen LogP contribution in [0.25, 0.3) is 92.2 Å². The number of thiophene rings is 1. The van der Waals surface area contributed by atoms with E-state index in [1.54, 1.807) is 11.3 Å². The van der Waals surface area contributed by atoms with Gasteiger partial charge in [-0.25, -0.2) is 9.97 Å². The molecule has 0 unspecified atom stereocenters. The first-order chi connectivity index (χ1) is 21.8. The maximum absolute atomic E-state index is 5.31. The van der Waals surface area contributed by atoms with Crippen molar-refractivity contribution in [3.63, 3.8) is 0 Å². The molecule has 4 aromatic heterocycles. The number of fused-ring (bicyclic) bond motifs is 9. The van der Waals surface area contributed by atoms with E-state index in [1.165, 1.54) is 59.3 Å². The Labute approximate surface area is 256 Å². The molecule has 0 fully saturated rings. The molecule has 0 amide bonds. The van der Waals surface area contributed by atoms with E-state index in [2.05, 4.69) is 144 Å². The van der Waals surface area contributed by atoms with E-state index in [0.717, 1.165) is 32.9 Å². The zero-order valence-corrected chi connectivity index (χ0v) is 24.3. The SMILES string of the molecule is c1ccc(-c2ccc3c(c2)c2cc(-c4nc(-c5ccccc5)c5sc6ccccc6c5n4)cc4c5ccccc5n3c42)cc1. The molecule has 6 aromatic carbocycles. The molecule has 204 valence electrons. The van der Waals surface area contributed by atoms with Gasteiger partial charge in [0, 0.05) is 42.8 Å². The number of rotatable bonds is 3. The Morgan fingerprint density at radius 1 is 0.455 bits per heavy atom. The highest BCUT2D eigenvalue weighted by Gasteiger charge is 2.21. The minimum Gasteiger partial charge on any atom is -0.308 e. The van der Waals surface area contributed by atoms with Gasteiger partial charge in [-0.1, -0.05) is 103 Å². The average molecular weight is 578 g/mol. The summed E-state index contributed by atoms with van der Waals surface area (Å²) in [6.45, 7) is 0. The highest BCUT2D eigenvalue weighted by molar-refractivity contribution is 7.26. The Morgan fingerprint density at radius 2 is 1.09 bits per heavy atom. The van der Waals surface area contributed by atoms with E-state index in [9.17, 15) is 0 Å². The van der Waals surface area contributed by atoms with Gasteiger partial charge in [0.1, 0.15) is 0 Å². The van der Waals surface area contributed by atoms with Crippen molar-refractivity contribution in [2.45, 2.75) is 0 Å². The molecule has 0 radical (unpaired) electrons. The predicted octanol–water partition coefficient (Wildman–Crippen LogP) is 11.0. The lowest BCUT2D eigenvalue weighted by atomic mass is 10.00. The molecule has 0 aliphatic rings. The summed E-state index contributed by atoms with van der Waals surface area (Å²) >= 11 is 1.77. The maximum Gasteiger partial charge on any atom is 0.160 e. The van der Waals surface area contributed by atoms with Crippen LogP contribution in [0.5, 0.6) is 0 Å². The fraction of sp³-hybridized carbons (Fsp3) is 0. The lowest BCUT2D eigenvalue weighted by molar-refractivity contribution is 1.24. The van der Waals surface area contributed by atoms with Gasteiger partial charge in [0.05, 0.1) is 32.5 Å². The Kier molecular flexibility index (Phi) is 4.87. The van der Waals surface area contributed by atoms with Gasteiger partial charge in [-0.05, 0) is 47.5 Å². The summed E-state index contributed by atoms with van der Waals surface area (Å²) in [7, 11) is 0. The Bertz CT molecular complexity index is 2700. The quantitative estimate of drug-likeness (QED) is 0.209. The van der Waals surface area contributed by atoms with E-state index >= 15 is 0 Å². The molecule has 10 aromatic rings. The number of benzene rings is 6. The third-order valence-corrected chi connectivity index (χ3v) is 10.1. The standard InChI is InChI=1S/C40H23N3S/c1-3-11-24(12-4-1)26-19-20-34-30(21-26)32-23-27(22-31-28-15-7-9-17-33(28)43(34)38(31)32)40-41-36(25-13-5-2-6-14-25)39-37(42-40)29-16-8-10-18-35(29)44-39/h1-23H.